The third-order valence-electron chi connectivity index (χ3n) is 2.96. The highest BCUT2D eigenvalue weighted by Crippen LogP contribution is 2.29. The van der Waals surface area contributed by atoms with Crippen molar-refractivity contribution in [1.29, 1.82) is 0 Å². The highest BCUT2D eigenvalue weighted by molar-refractivity contribution is 9.10. The molecule has 4 nitrogen and oxygen atoms in total. The average molecular weight is 333 g/mol. The normalized spacial score (nSPS) is 12.9. The molecular formula is C12H15BrClN3O. The van der Waals surface area contributed by atoms with E-state index in [1.165, 1.54) is 0 Å². The smallest absolute Gasteiger partial charge is 0.173 e. The molecule has 0 radical (unpaired) electrons. The Labute approximate surface area is 119 Å². The molecule has 0 aliphatic heterocycles. The van der Waals surface area contributed by atoms with Crippen LogP contribution in [0.1, 0.15) is 29.9 Å². The second kappa shape index (κ2) is 5.47. The van der Waals surface area contributed by atoms with Gasteiger partial charge in [0.05, 0.1) is 22.7 Å². The largest absolute Gasteiger partial charge is 0.457 e. The van der Waals surface area contributed by atoms with Gasteiger partial charge in [-0.2, -0.15) is 5.10 Å². The summed E-state index contributed by atoms with van der Waals surface area (Å²) in [5, 5.41) is 5.10. The first-order chi connectivity index (χ1) is 8.54. The molecule has 1 atom stereocenters. The van der Waals surface area contributed by atoms with Gasteiger partial charge in [-0.05, 0) is 28.4 Å². The molecule has 0 saturated carbocycles. The Morgan fingerprint density at radius 1 is 1.61 bits per heavy atom. The Morgan fingerprint density at radius 2 is 2.33 bits per heavy atom. The fourth-order valence-corrected chi connectivity index (χ4v) is 2.83. The van der Waals surface area contributed by atoms with Crippen LogP contribution in [0.4, 0.5) is 0 Å². The third-order valence-corrected chi connectivity index (χ3v) is 4.04. The zero-order valence-electron chi connectivity index (χ0n) is 10.3. The van der Waals surface area contributed by atoms with Crippen LogP contribution in [0.3, 0.4) is 0 Å². The van der Waals surface area contributed by atoms with Crippen molar-refractivity contribution in [3.63, 3.8) is 0 Å². The molecule has 0 aliphatic rings. The lowest BCUT2D eigenvalue weighted by Crippen LogP contribution is -2.15. The van der Waals surface area contributed by atoms with Gasteiger partial charge in [-0.1, -0.05) is 18.5 Å². The summed E-state index contributed by atoms with van der Waals surface area (Å²) in [5.41, 5.74) is 8.97. The molecule has 2 heterocycles. The summed E-state index contributed by atoms with van der Waals surface area (Å²) in [6, 6.07) is 1.69. The number of halogens is 2. The van der Waals surface area contributed by atoms with Crippen molar-refractivity contribution in [2.45, 2.75) is 25.8 Å². The van der Waals surface area contributed by atoms with Crippen molar-refractivity contribution in [3.8, 4) is 0 Å². The van der Waals surface area contributed by atoms with Crippen LogP contribution < -0.4 is 5.73 Å². The highest BCUT2D eigenvalue weighted by Gasteiger charge is 2.19. The van der Waals surface area contributed by atoms with Crippen LogP contribution in [-0.4, -0.2) is 9.78 Å². The van der Waals surface area contributed by atoms with Gasteiger partial charge in [0.2, 0.25) is 0 Å². The van der Waals surface area contributed by atoms with Crippen molar-refractivity contribution in [2.75, 3.05) is 0 Å². The van der Waals surface area contributed by atoms with Gasteiger partial charge in [0, 0.05) is 25.1 Å². The molecule has 0 aliphatic carbocycles. The molecule has 6 heteroatoms. The molecule has 1 unspecified atom stereocenters. The highest BCUT2D eigenvalue weighted by atomic mass is 79.9. The summed E-state index contributed by atoms with van der Waals surface area (Å²) in [6.45, 7) is 2.03. The summed E-state index contributed by atoms with van der Waals surface area (Å²) in [4.78, 5) is 0. The van der Waals surface area contributed by atoms with Crippen LogP contribution in [-0.2, 0) is 19.9 Å². The van der Waals surface area contributed by atoms with Gasteiger partial charge in [-0.15, -0.1) is 0 Å². The first kappa shape index (κ1) is 13.6. The number of aryl methyl sites for hydroxylation is 2. The quantitative estimate of drug-likeness (QED) is 0.935. The lowest BCUT2D eigenvalue weighted by atomic mass is 10.1. The van der Waals surface area contributed by atoms with Crippen LogP contribution >= 0.6 is 27.5 Å². The van der Waals surface area contributed by atoms with Crippen LogP contribution in [0.25, 0.3) is 0 Å². The van der Waals surface area contributed by atoms with E-state index < -0.39 is 0 Å². The number of hydrogen-bond donors (Lipinski definition) is 1. The number of hydrogen-bond acceptors (Lipinski definition) is 3. The molecule has 0 saturated heterocycles. The monoisotopic (exact) mass is 331 g/mol. The number of rotatable bonds is 4. The Hall–Kier alpha value is -0.780. The molecule has 0 bridgehead atoms. The summed E-state index contributed by atoms with van der Waals surface area (Å²) in [6.07, 6.45) is 3.05. The molecule has 0 fully saturated rings. The summed E-state index contributed by atoms with van der Waals surface area (Å²) < 4.78 is 7.66. The van der Waals surface area contributed by atoms with Crippen molar-refractivity contribution in [1.82, 2.24) is 9.78 Å². The predicted octanol–water partition coefficient (Wildman–Crippen LogP) is 3.23. The van der Waals surface area contributed by atoms with Gasteiger partial charge in [-0.3, -0.25) is 4.68 Å². The lowest BCUT2D eigenvalue weighted by Gasteiger charge is -2.10. The second-order valence-electron chi connectivity index (χ2n) is 4.14. The van der Waals surface area contributed by atoms with Gasteiger partial charge in [-0.25, -0.2) is 0 Å². The standard InChI is InChI=1S/C12H15BrClN3O/c1-3-9-11(14)10(17(2)16-9)6-8(15)7-4-5-18-12(7)13/h4-5,8H,3,6,15H2,1-2H3. The zero-order valence-corrected chi connectivity index (χ0v) is 12.6. The number of furan rings is 1. The van der Waals surface area contributed by atoms with E-state index in [2.05, 4.69) is 21.0 Å². The van der Waals surface area contributed by atoms with Crippen LogP contribution in [0.15, 0.2) is 21.4 Å². The van der Waals surface area contributed by atoms with Crippen molar-refractivity contribution in [2.24, 2.45) is 12.8 Å². The van der Waals surface area contributed by atoms with Crippen LogP contribution in [0.5, 0.6) is 0 Å². The molecule has 0 spiro atoms. The Bertz CT molecular complexity index is 550. The molecule has 18 heavy (non-hydrogen) atoms. The first-order valence-electron chi connectivity index (χ1n) is 5.73. The molecule has 0 aromatic carbocycles. The number of aromatic nitrogens is 2. The van der Waals surface area contributed by atoms with Gasteiger partial charge in [0.1, 0.15) is 0 Å². The minimum Gasteiger partial charge on any atom is -0.457 e. The molecule has 98 valence electrons. The van der Waals surface area contributed by atoms with E-state index in [4.69, 9.17) is 21.8 Å². The van der Waals surface area contributed by atoms with E-state index in [9.17, 15) is 0 Å². The fraction of sp³-hybridized carbons (Fsp3) is 0.417. The van der Waals surface area contributed by atoms with E-state index in [1.807, 2.05) is 20.0 Å². The molecule has 2 aromatic heterocycles. The molecule has 0 amide bonds. The first-order valence-corrected chi connectivity index (χ1v) is 6.90. The Kier molecular flexibility index (Phi) is 4.14. The van der Waals surface area contributed by atoms with Crippen LogP contribution in [0, 0.1) is 0 Å². The third kappa shape index (κ3) is 2.48. The molecule has 2 rings (SSSR count). The van der Waals surface area contributed by atoms with E-state index in [1.54, 1.807) is 10.9 Å². The van der Waals surface area contributed by atoms with Crippen LogP contribution in [0.2, 0.25) is 5.02 Å². The van der Waals surface area contributed by atoms with Gasteiger partial charge >= 0.3 is 0 Å². The minimum atomic E-state index is -0.171. The van der Waals surface area contributed by atoms with Gasteiger partial charge in [0.25, 0.3) is 0 Å². The van der Waals surface area contributed by atoms with E-state index in [-0.39, 0.29) is 6.04 Å². The molecular weight excluding hydrogens is 318 g/mol. The summed E-state index contributed by atoms with van der Waals surface area (Å²) >= 11 is 9.64. The predicted molar refractivity (Wildman–Crippen MR) is 74.6 cm³/mol. The maximum Gasteiger partial charge on any atom is 0.173 e. The topological polar surface area (TPSA) is 57.0 Å². The van der Waals surface area contributed by atoms with E-state index in [0.29, 0.717) is 11.1 Å². The molecule has 2 aromatic rings. The summed E-state index contributed by atoms with van der Waals surface area (Å²) in [7, 11) is 1.89. The van der Waals surface area contributed by atoms with Crippen molar-refractivity contribution < 1.29 is 4.42 Å². The Morgan fingerprint density at radius 3 is 2.83 bits per heavy atom. The van der Waals surface area contributed by atoms with Gasteiger partial charge < -0.3 is 10.2 Å². The van der Waals surface area contributed by atoms with Crippen molar-refractivity contribution in [3.05, 3.63) is 39.0 Å². The van der Waals surface area contributed by atoms with E-state index in [0.717, 1.165) is 28.4 Å². The van der Waals surface area contributed by atoms with Crippen molar-refractivity contribution >= 4 is 27.5 Å². The maximum atomic E-state index is 6.30. The molecule has 2 N–H and O–H groups in total. The summed E-state index contributed by atoms with van der Waals surface area (Å²) in [5.74, 6) is 0. The fourth-order valence-electron chi connectivity index (χ4n) is 1.93. The minimum absolute atomic E-state index is 0.171. The Balaban J connectivity index is 2.24. The second-order valence-corrected chi connectivity index (χ2v) is 5.24. The maximum absolute atomic E-state index is 6.30. The lowest BCUT2D eigenvalue weighted by molar-refractivity contribution is 0.529. The number of nitrogens with zero attached hydrogens (tertiary/aromatic N) is 2. The average Bonchev–Trinajstić information content (AvgIpc) is 2.87. The van der Waals surface area contributed by atoms with Gasteiger partial charge in [0.15, 0.2) is 4.67 Å². The SMILES string of the molecule is CCc1nn(C)c(CC(N)c2ccoc2Br)c1Cl. The number of nitrogens with two attached hydrogens (primary N) is 1. The van der Waals surface area contributed by atoms with E-state index >= 15 is 0 Å². The zero-order chi connectivity index (χ0) is 13.3.